The van der Waals surface area contributed by atoms with Crippen LogP contribution < -0.4 is 38.1 Å². The van der Waals surface area contributed by atoms with Gasteiger partial charge >= 0.3 is 11.9 Å². The van der Waals surface area contributed by atoms with E-state index in [1.807, 2.05) is 0 Å². The third kappa shape index (κ3) is 16.4. The molecule has 256 valence electrons. The van der Waals surface area contributed by atoms with Crippen LogP contribution in [0.25, 0.3) is 0 Å². The molecule has 0 heterocycles. The minimum Gasteiger partial charge on any atom is -0.481 e. The van der Waals surface area contributed by atoms with Crippen LogP contribution in [0, 0.1) is 17.8 Å². The predicted molar refractivity (Wildman–Crippen MR) is 161 cm³/mol. The summed E-state index contributed by atoms with van der Waals surface area (Å²) in [6.07, 6.45) is -1.23. The smallest absolute Gasteiger partial charge is 0.326 e. The first-order valence-corrected chi connectivity index (χ1v) is 14.7. The number of primary amides is 1. The second-order valence-electron chi connectivity index (χ2n) is 11.9. The van der Waals surface area contributed by atoms with Crippen LogP contribution in [0.3, 0.4) is 0 Å². The fourth-order valence-corrected chi connectivity index (χ4v) is 4.18. The van der Waals surface area contributed by atoms with Crippen molar-refractivity contribution in [1.29, 1.82) is 0 Å². The first kappa shape index (κ1) is 40.7. The van der Waals surface area contributed by atoms with E-state index >= 15 is 0 Å². The third-order valence-corrected chi connectivity index (χ3v) is 6.44. The minimum absolute atomic E-state index is 0.0375. The van der Waals surface area contributed by atoms with Gasteiger partial charge in [0.1, 0.15) is 30.2 Å². The molecule has 0 aromatic rings. The first-order chi connectivity index (χ1) is 20.8. The number of hydrogen-bond donors (Lipinski definition) is 9. The molecular weight excluding hydrogens is 594 g/mol. The summed E-state index contributed by atoms with van der Waals surface area (Å²) >= 11 is 0. The van der Waals surface area contributed by atoms with Gasteiger partial charge in [0.05, 0.1) is 13.0 Å². The van der Waals surface area contributed by atoms with Gasteiger partial charge < -0.3 is 48.3 Å². The summed E-state index contributed by atoms with van der Waals surface area (Å²) in [6.45, 7) is 9.77. The number of nitrogens with one attached hydrogen (secondary N) is 5. The highest BCUT2D eigenvalue weighted by molar-refractivity contribution is 5.97. The largest absolute Gasteiger partial charge is 0.481 e. The van der Waals surface area contributed by atoms with Crippen LogP contribution in [0.1, 0.15) is 73.6 Å². The summed E-state index contributed by atoms with van der Waals surface area (Å²) in [4.78, 5) is 98.9. The normalized spacial score (nSPS) is 14.4. The van der Waals surface area contributed by atoms with Gasteiger partial charge in [-0.25, -0.2) is 4.79 Å². The maximum atomic E-state index is 13.4. The molecule has 5 unspecified atom stereocenters. The van der Waals surface area contributed by atoms with Gasteiger partial charge in [0.25, 0.3) is 0 Å². The molecule has 11 N–H and O–H groups in total. The Kier molecular flexibility index (Phi) is 18.0. The van der Waals surface area contributed by atoms with E-state index in [1.165, 1.54) is 0 Å². The SMILES string of the molecule is CC(C)CC(NC(=O)C(NC(=O)C(CCC(N)=O)NC(=O)C(CC(C)C)NC(=O)C(CC(=O)O)NC(=O)CN)C(C)C)C(=O)O. The number of hydrogen-bond acceptors (Lipinski definition) is 9. The predicted octanol–water partition coefficient (Wildman–Crippen LogP) is -2.06. The Labute approximate surface area is 262 Å². The number of rotatable bonds is 21. The molecule has 0 aromatic carbocycles. The fraction of sp³-hybridized carbons (Fsp3) is 0.714. The van der Waals surface area contributed by atoms with E-state index in [1.54, 1.807) is 41.5 Å². The van der Waals surface area contributed by atoms with Crippen LogP contribution in [-0.2, 0) is 38.4 Å². The van der Waals surface area contributed by atoms with Gasteiger partial charge in [-0.1, -0.05) is 41.5 Å². The van der Waals surface area contributed by atoms with Crippen molar-refractivity contribution < 1.29 is 48.6 Å². The van der Waals surface area contributed by atoms with Crippen LogP contribution >= 0.6 is 0 Å². The molecule has 0 radical (unpaired) electrons. The number of nitrogens with two attached hydrogens (primary N) is 2. The number of amides is 6. The van der Waals surface area contributed by atoms with Crippen molar-refractivity contribution in [3.8, 4) is 0 Å². The topological polar surface area (TPSA) is 289 Å². The number of carboxylic acid groups (broad SMARTS) is 2. The minimum atomic E-state index is -1.55. The highest BCUT2D eigenvalue weighted by atomic mass is 16.4. The van der Waals surface area contributed by atoms with Crippen molar-refractivity contribution in [2.24, 2.45) is 29.2 Å². The van der Waals surface area contributed by atoms with Gasteiger partial charge in [-0.05, 0) is 37.0 Å². The van der Waals surface area contributed by atoms with Crippen molar-refractivity contribution in [2.75, 3.05) is 6.54 Å². The van der Waals surface area contributed by atoms with Gasteiger partial charge in [-0.15, -0.1) is 0 Å². The van der Waals surface area contributed by atoms with Crippen LogP contribution in [0.15, 0.2) is 0 Å². The average Bonchev–Trinajstić information content (AvgIpc) is 2.91. The van der Waals surface area contributed by atoms with Gasteiger partial charge in [0.15, 0.2) is 0 Å². The lowest BCUT2D eigenvalue weighted by molar-refractivity contribution is -0.143. The van der Waals surface area contributed by atoms with Crippen LogP contribution in [0.4, 0.5) is 0 Å². The summed E-state index contributed by atoms with van der Waals surface area (Å²) in [5.74, 6) is -8.46. The number of aliphatic carboxylic acids is 2. The lowest BCUT2D eigenvalue weighted by Gasteiger charge is -2.28. The van der Waals surface area contributed by atoms with Crippen LogP contribution in [0.5, 0.6) is 0 Å². The van der Waals surface area contributed by atoms with Gasteiger partial charge in [0.2, 0.25) is 35.4 Å². The zero-order valence-corrected chi connectivity index (χ0v) is 26.7. The Balaban J connectivity index is 6.08. The monoisotopic (exact) mass is 643 g/mol. The van der Waals surface area contributed by atoms with E-state index < -0.39 is 96.5 Å². The lowest BCUT2D eigenvalue weighted by Crippen LogP contribution is -2.60. The second-order valence-corrected chi connectivity index (χ2v) is 11.9. The molecule has 6 amide bonds. The number of carbonyl (C=O) groups excluding carboxylic acids is 6. The Bertz CT molecular complexity index is 1080. The average molecular weight is 644 g/mol. The lowest BCUT2D eigenvalue weighted by atomic mass is 9.99. The Morgan fingerprint density at radius 2 is 1.09 bits per heavy atom. The molecule has 5 atom stereocenters. The molecule has 0 bridgehead atoms. The third-order valence-electron chi connectivity index (χ3n) is 6.44. The molecule has 17 nitrogen and oxygen atoms in total. The summed E-state index contributed by atoms with van der Waals surface area (Å²) in [5, 5.41) is 30.7. The highest BCUT2D eigenvalue weighted by Crippen LogP contribution is 2.11. The zero-order valence-electron chi connectivity index (χ0n) is 26.7. The van der Waals surface area contributed by atoms with Crippen molar-refractivity contribution in [3.63, 3.8) is 0 Å². The molecule has 0 aliphatic carbocycles. The van der Waals surface area contributed by atoms with Crippen molar-refractivity contribution >= 4 is 47.4 Å². The molecular formula is C28H49N7O10. The van der Waals surface area contributed by atoms with Crippen molar-refractivity contribution in [3.05, 3.63) is 0 Å². The number of carbonyl (C=O) groups is 8. The quantitative estimate of drug-likeness (QED) is 0.0655. The van der Waals surface area contributed by atoms with Gasteiger partial charge in [-0.3, -0.25) is 33.6 Å². The Hall–Kier alpha value is -4.28. The molecule has 0 aliphatic heterocycles. The van der Waals surface area contributed by atoms with Crippen molar-refractivity contribution in [2.45, 2.75) is 104 Å². The Morgan fingerprint density at radius 1 is 0.622 bits per heavy atom. The van der Waals surface area contributed by atoms with Gasteiger partial charge in [0, 0.05) is 6.42 Å². The first-order valence-electron chi connectivity index (χ1n) is 14.7. The van der Waals surface area contributed by atoms with Gasteiger partial charge in [-0.2, -0.15) is 0 Å². The van der Waals surface area contributed by atoms with Crippen molar-refractivity contribution in [1.82, 2.24) is 26.6 Å². The molecule has 45 heavy (non-hydrogen) atoms. The molecule has 0 rings (SSSR count). The Morgan fingerprint density at radius 3 is 1.53 bits per heavy atom. The van der Waals surface area contributed by atoms with E-state index in [-0.39, 0.29) is 37.5 Å². The standard InChI is InChI=1S/C28H49N7O10/c1-13(2)9-17(33-26(42)18(11-22(38)39)31-21(37)12-29)25(41)32-16(7-8-20(30)36)24(40)35-23(15(5)6)27(43)34-19(28(44)45)10-14(3)4/h13-19,23H,7-12,29H2,1-6H3,(H2,30,36)(H,31,37)(H,32,41)(H,33,42)(H,34,43)(H,35,40)(H,38,39)(H,44,45). The summed E-state index contributed by atoms with van der Waals surface area (Å²) < 4.78 is 0. The molecule has 0 saturated carbocycles. The summed E-state index contributed by atoms with van der Waals surface area (Å²) in [7, 11) is 0. The van der Waals surface area contributed by atoms with Crippen LogP contribution in [0.2, 0.25) is 0 Å². The maximum Gasteiger partial charge on any atom is 0.326 e. The molecule has 17 heteroatoms. The zero-order chi connectivity index (χ0) is 35.0. The second kappa shape index (κ2) is 19.9. The molecule has 0 saturated heterocycles. The van der Waals surface area contributed by atoms with E-state index in [0.29, 0.717) is 0 Å². The maximum absolute atomic E-state index is 13.4. The van der Waals surface area contributed by atoms with E-state index in [9.17, 15) is 48.6 Å². The summed E-state index contributed by atoms with van der Waals surface area (Å²) in [6, 6.07) is -6.69. The van der Waals surface area contributed by atoms with E-state index in [0.717, 1.165) is 0 Å². The molecule has 0 spiro atoms. The van der Waals surface area contributed by atoms with Crippen LogP contribution in [-0.4, -0.2) is 94.3 Å². The molecule has 0 aromatic heterocycles. The summed E-state index contributed by atoms with van der Waals surface area (Å²) in [5.41, 5.74) is 10.5. The highest BCUT2D eigenvalue weighted by Gasteiger charge is 2.34. The number of carboxylic acids is 2. The van der Waals surface area contributed by atoms with E-state index in [4.69, 9.17) is 11.5 Å². The fourth-order valence-electron chi connectivity index (χ4n) is 4.18. The molecule has 0 fully saturated rings. The molecule has 0 aliphatic rings. The van der Waals surface area contributed by atoms with E-state index in [2.05, 4.69) is 26.6 Å².